The van der Waals surface area contributed by atoms with Crippen LogP contribution in [0.5, 0.6) is 0 Å². The van der Waals surface area contributed by atoms with Gasteiger partial charge in [-0.3, -0.25) is 4.72 Å². The number of sulfonamides is 1. The quantitative estimate of drug-likeness (QED) is 0.148. The van der Waals surface area contributed by atoms with Crippen molar-refractivity contribution in [3.05, 3.63) is 124 Å². The maximum absolute atomic E-state index is 14.4. The van der Waals surface area contributed by atoms with Gasteiger partial charge >= 0.3 is 7.12 Å². The first-order valence-corrected chi connectivity index (χ1v) is 16.7. The molecule has 4 aromatic carbocycles. The Morgan fingerprint density at radius 1 is 0.957 bits per heavy atom. The third-order valence-corrected chi connectivity index (χ3v) is 9.94. The summed E-state index contributed by atoms with van der Waals surface area (Å²) < 4.78 is 64.2. The van der Waals surface area contributed by atoms with Gasteiger partial charge in [0.05, 0.1) is 11.4 Å². The molecular formula is C35H31BF2N2O5S. The summed E-state index contributed by atoms with van der Waals surface area (Å²) >= 11 is 0. The molecule has 4 N–H and O–H groups in total. The number of halogens is 2. The van der Waals surface area contributed by atoms with Crippen molar-refractivity contribution in [2.24, 2.45) is 0 Å². The lowest BCUT2D eigenvalue weighted by Crippen LogP contribution is -2.32. The Kier molecular flexibility index (Phi) is 7.80. The highest BCUT2D eigenvalue weighted by atomic mass is 32.2. The maximum Gasteiger partial charge on any atom is 0.491 e. The molecule has 1 heterocycles. The molecule has 0 spiro atoms. The number of furan rings is 1. The van der Waals surface area contributed by atoms with Crippen LogP contribution in [0.25, 0.3) is 28.4 Å². The van der Waals surface area contributed by atoms with Crippen LogP contribution in [0, 0.1) is 11.6 Å². The molecule has 7 rings (SSSR count). The lowest BCUT2D eigenvalue weighted by Gasteiger charge is -2.19. The minimum Gasteiger partial charge on any atom is -0.456 e. The largest absolute Gasteiger partial charge is 0.491 e. The Hall–Kier alpha value is -4.29. The van der Waals surface area contributed by atoms with Gasteiger partial charge in [-0.2, -0.15) is 0 Å². The van der Waals surface area contributed by atoms with Crippen molar-refractivity contribution < 1.29 is 31.7 Å². The molecule has 2 aliphatic carbocycles. The molecule has 0 amide bonds. The van der Waals surface area contributed by atoms with Crippen LogP contribution in [-0.2, 0) is 15.8 Å². The van der Waals surface area contributed by atoms with E-state index in [1.807, 2.05) is 19.2 Å². The molecule has 2 aliphatic rings. The predicted octanol–water partition coefficient (Wildman–Crippen LogP) is 5.63. The molecule has 1 atom stereocenters. The van der Waals surface area contributed by atoms with Crippen LogP contribution < -0.4 is 15.5 Å². The SMILES string of the molecule is CNCC1=Cc2ccccc2C1c1c(-c2ccc(F)cc2)oc2cc(CS(=O)(=O)Nc3ccc(B(O)O)c(F)c3)c(C3CC3)cc12. The zero-order valence-corrected chi connectivity index (χ0v) is 25.7. The van der Waals surface area contributed by atoms with Crippen LogP contribution in [0.4, 0.5) is 14.5 Å². The molecule has 0 radical (unpaired) electrons. The van der Waals surface area contributed by atoms with E-state index in [-0.39, 0.29) is 34.6 Å². The highest BCUT2D eigenvalue weighted by Crippen LogP contribution is 2.50. The molecule has 1 saturated carbocycles. The molecule has 46 heavy (non-hydrogen) atoms. The van der Waals surface area contributed by atoms with Crippen LogP contribution >= 0.6 is 0 Å². The average molecular weight is 641 g/mol. The Morgan fingerprint density at radius 2 is 1.72 bits per heavy atom. The van der Waals surface area contributed by atoms with E-state index >= 15 is 0 Å². The van der Waals surface area contributed by atoms with Crippen LogP contribution in [0.15, 0.2) is 88.9 Å². The highest BCUT2D eigenvalue weighted by Gasteiger charge is 2.35. The third kappa shape index (κ3) is 5.75. The van der Waals surface area contributed by atoms with E-state index in [9.17, 15) is 27.2 Å². The predicted molar refractivity (Wildman–Crippen MR) is 176 cm³/mol. The monoisotopic (exact) mass is 640 g/mol. The summed E-state index contributed by atoms with van der Waals surface area (Å²) in [6.45, 7) is 0.644. The molecule has 0 aliphatic heterocycles. The molecule has 5 aromatic rings. The van der Waals surface area contributed by atoms with Crippen LogP contribution in [0.1, 0.15) is 52.5 Å². The summed E-state index contributed by atoms with van der Waals surface area (Å²) in [5, 5.41) is 22.8. The van der Waals surface area contributed by atoms with Gasteiger partial charge in [0, 0.05) is 34.4 Å². The number of anilines is 1. The van der Waals surface area contributed by atoms with Crippen molar-refractivity contribution in [1.29, 1.82) is 0 Å². The summed E-state index contributed by atoms with van der Waals surface area (Å²) in [5.41, 5.74) is 6.70. The molecule has 234 valence electrons. The highest BCUT2D eigenvalue weighted by molar-refractivity contribution is 7.91. The van der Waals surface area contributed by atoms with Crippen LogP contribution in [0.2, 0.25) is 0 Å². The third-order valence-electron chi connectivity index (χ3n) is 8.70. The van der Waals surface area contributed by atoms with Gasteiger partial charge in [-0.1, -0.05) is 36.4 Å². The summed E-state index contributed by atoms with van der Waals surface area (Å²) in [4.78, 5) is 0. The number of rotatable bonds is 10. The minimum absolute atomic E-state index is 0.0291. The number of hydrogen-bond donors (Lipinski definition) is 4. The molecule has 0 saturated heterocycles. The number of nitrogens with one attached hydrogen (secondary N) is 2. The normalized spacial score (nSPS) is 16.0. The number of fused-ring (bicyclic) bond motifs is 2. The van der Waals surface area contributed by atoms with Crippen molar-refractivity contribution in [3.8, 4) is 11.3 Å². The lowest BCUT2D eigenvalue weighted by atomic mass is 9.80. The van der Waals surface area contributed by atoms with Gasteiger partial charge in [0.15, 0.2) is 0 Å². The summed E-state index contributed by atoms with van der Waals surface area (Å²) in [7, 11) is -4.12. The fraction of sp³-hybridized carbons (Fsp3) is 0.200. The zero-order chi connectivity index (χ0) is 32.2. The fourth-order valence-electron chi connectivity index (χ4n) is 6.53. The standard InChI is InChI=1S/C35H31BF2N2O5S/c1-39-18-23-14-22-4-2-3-5-27(22)33(23)34-29-17-28(20-6-7-20)24(15-32(29)45-35(34)21-8-10-25(37)11-9-21)19-46(43,44)40-26-12-13-30(36(41)42)31(38)16-26/h2-5,8-17,20,33,39-42H,6-7,18-19H2,1H3. The maximum atomic E-state index is 14.4. The van der Waals surface area contributed by atoms with Gasteiger partial charge in [-0.25, -0.2) is 17.2 Å². The van der Waals surface area contributed by atoms with Gasteiger partial charge in [-0.15, -0.1) is 0 Å². The van der Waals surface area contributed by atoms with E-state index in [1.165, 1.54) is 18.2 Å². The molecular weight excluding hydrogens is 609 g/mol. The van der Waals surface area contributed by atoms with Crippen LogP contribution in [0.3, 0.4) is 0 Å². The smallest absolute Gasteiger partial charge is 0.456 e. The van der Waals surface area contributed by atoms with Gasteiger partial charge < -0.3 is 19.8 Å². The molecule has 0 bridgehead atoms. The second-order valence-corrected chi connectivity index (χ2v) is 13.7. The Bertz CT molecular complexity index is 2110. The lowest BCUT2D eigenvalue weighted by molar-refractivity contribution is 0.423. The first kappa shape index (κ1) is 30.4. The Morgan fingerprint density at radius 3 is 2.41 bits per heavy atom. The summed E-state index contributed by atoms with van der Waals surface area (Å²) in [6.07, 6.45) is 4.05. The summed E-state index contributed by atoms with van der Waals surface area (Å²) in [5.74, 6) is -1.02. The molecule has 1 unspecified atom stereocenters. The van der Waals surface area contributed by atoms with E-state index < -0.39 is 23.0 Å². The second-order valence-electron chi connectivity index (χ2n) is 12.0. The average Bonchev–Trinajstić information content (AvgIpc) is 3.70. The first-order chi connectivity index (χ1) is 22.1. The minimum atomic E-state index is -4.01. The number of hydrogen-bond acceptors (Lipinski definition) is 6. The Labute approximate surface area is 265 Å². The second kappa shape index (κ2) is 11.8. The fourth-order valence-corrected chi connectivity index (χ4v) is 7.75. The van der Waals surface area contributed by atoms with Gasteiger partial charge in [0.25, 0.3) is 0 Å². The topological polar surface area (TPSA) is 112 Å². The van der Waals surface area contributed by atoms with Gasteiger partial charge in [0.2, 0.25) is 10.0 Å². The van der Waals surface area contributed by atoms with Gasteiger partial charge in [0.1, 0.15) is 23.0 Å². The number of benzene rings is 4. The van der Waals surface area contributed by atoms with Crippen molar-refractivity contribution in [2.75, 3.05) is 18.3 Å². The zero-order valence-electron chi connectivity index (χ0n) is 24.9. The van der Waals surface area contributed by atoms with Crippen molar-refractivity contribution >= 4 is 45.3 Å². The first-order valence-electron chi connectivity index (χ1n) is 15.1. The van der Waals surface area contributed by atoms with Crippen molar-refractivity contribution in [2.45, 2.75) is 30.4 Å². The van der Waals surface area contributed by atoms with Crippen LogP contribution in [-0.4, -0.2) is 39.2 Å². The molecule has 1 fully saturated rings. The van der Waals surface area contributed by atoms with Crippen molar-refractivity contribution in [3.63, 3.8) is 0 Å². The van der Waals surface area contributed by atoms with E-state index in [2.05, 4.69) is 34.3 Å². The van der Waals surface area contributed by atoms with Crippen molar-refractivity contribution in [1.82, 2.24) is 5.32 Å². The molecule has 7 nitrogen and oxygen atoms in total. The van der Waals surface area contributed by atoms with E-state index in [0.717, 1.165) is 58.2 Å². The number of likely N-dealkylation sites (N-methyl/N-ethyl adjacent to an activating group) is 1. The van der Waals surface area contributed by atoms with E-state index in [4.69, 9.17) is 4.42 Å². The Balaban J connectivity index is 1.35. The molecule has 1 aromatic heterocycles. The van der Waals surface area contributed by atoms with Gasteiger partial charge in [-0.05, 0) is 102 Å². The molecule has 11 heteroatoms. The van der Waals surface area contributed by atoms with E-state index in [1.54, 1.807) is 18.2 Å². The summed E-state index contributed by atoms with van der Waals surface area (Å²) in [6, 6.07) is 21.6. The van der Waals surface area contributed by atoms with E-state index in [0.29, 0.717) is 29.0 Å².